The van der Waals surface area contributed by atoms with Gasteiger partial charge in [0.25, 0.3) is 0 Å². The van der Waals surface area contributed by atoms with Gasteiger partial charge in [-0.1, -0.05) is 188 Å². The fourth-order valence-corrected chi connectivity index (χ4v) is 8.70. The van der Waals surface area contributed by atoms with E-state index in [0.717, 1.165) is 17.1 Å². The summed E-state index contributed by atoms with van der Waals surface area (Å²) < 4.78 is 0. The van der Waals surface area contributed by atoms with E-state index in [4.69, 9.17) is 0 Å². The van der Waals surface area contributed by atoms with Crippen LogP contribution in [0.5, 0.6) is 0 Å². The second kappa shape index (κ2) is 13.2. The highest BCUT2D eigenvalue weighted by atomic mass is 15.1. The van der Waals surface area contributed by atoms with E-state index in [1.54, 1.807) is 0 Å². The lowest BCUT2D eigenvalue weighted by molar-refractivity contribution is 0.768. The van der Waals surface area contributed by atoms with Gasteiger partial charge in [-0.05, 0) is 97.2 Å². The van der Waals surface area contributed by atoms with Crippen molar-refractivity contribution in [1.82, 2.24) is 0 Å². The van der Waals surface area contributed by atoms with Crippen molar-refractivity contribution in [3.05, 3.63) is 247 Å². The van der Waals surface area contributed by atoms with Gasteiger partial charge >= 0.3 is 0 Å². The van der Waals surface area contributed by atoms with Crippen molar-refractivity contribution in [3.63, 3.8) is 0 Å². The van der Waals surface area contributed by atoms with Crippen LogP contribution in [0.15, 0.2) is 224 Å². The van der Waals surface area contributed by atoms with Gasteiger partial charge in [0.2, 0.25) is 0 Å². The number of rotatable bonds is 7. The molecule has 1 aliphatic carbocycles. The van der Waals surface area contributed by atoms with E-state index in [-0.39, 0.29) is 0 Å². The number of nitrogens with zero attached hydrogens (tertiary/aromatic N) is 1. The zero-order valence-electron chi connectivity index (χ0n) is 29.8. The molecule has 1 aliphatic rings. The van der Waals surface area contributed by atoms with Gasteiger partial charge in [0.1, 0.15) is 0 Å². The molecule has 0 N–H and O–H groups in total. The zero-order chi connectivity index (χ0) is 35.9. The molecule has 0 fully saturated rings. The van der Waals surface area contributed by atoms with Gasteiger partial charge in [0.15, 0.2) is 0 Å². The first-order chi connectivity index (χ1) is 26.8. The van der Waals surface area contributed by atoms with E-state index < -0.39 is 5.41 Å². The molecule has 254 valence electrons. The molecule has 0 amide bonds. The molecule has 1 heteroatoms. The van der Waals surface area contributed by atoms with Crippen LogP contribution in [0, 0.1) is 0 Å². The highest BCUT2D eigenvalue weighted by Crippen LogP contribution is 2.59. The van der Waals surface area contributed by atoms with Crippen molar-refractivity contribution >= 4 is 27.8 Å². The minimum absolute atomic E-state index is 0.466. The van der Waals surface area contributed by atoms with Gasteiger partial charge in [-0.2, -0.15) is 0 Å². The van der Waals surface area contributed by atoms with Crippen molar-refractivity contribution < 1.29 is 0 Å². The molecule has 0 atom stereocenters. The van der Waals surface area contributed by atoms with Crippen LogP contribution in [-0.4, -0.2) is 0 Å². The van der Waals surface area contributed by atoms with Crippen molar-refractivity contribution in [2.24, 2.45) is 0 Å². The van der Waals surface area contributed by atoms with Crippen LogP contribution in [-0.2, 0) is 5.41 Å². The molecule has 0 aliphatic heterocycles. The molecule has 0 saturated carbocycles. The summed E-state index contributed by atoms with van der Waals surface area (Å²) in [4.78, 5) is 2.44. The second-order valence-corrected chi connectivity index (χ2v) is 14.1. The normalized spacial score (nSPS) is 12.6. The van der Waals surface area contributed by atoms with Crippen molar-refractivity contribution in [2.45, 2.75) is 5.41 Å². The number of hydrogen-bond donors (Lipinski definition) is 0. The molecule has 0 spiro atoms. The summed E-state index contributed by atoms with van der Waals surface area (Å²) in [5, 5.41) is 2.42. The number of anilines is 3. The standard InChI is InChI=1S/C53H37N/c1-5-16-38(17-6-1)39-28-30-40(31-29-39)41-32-33-43-37-47(35-34-42(43)36-41)54(46-22-11-4-12-23-46)51-27-15-26-50-52(51)48-24-13-14-25-49(48)53(50,44-18-7-2-8-19-44)45-20-9-3-10-21-45/h1-37H. The topological polar surface area (TPSA) is 3.24 Å². The first kappa shape index (κ1) is 31.7. The lowest BCUT2D eigenvalue weighted by Crippen LogP contribution is -2.28. The Balaban J connectivity index is 1.13. The van der Waals surface area contributed by atoms with E-state index in [0.29, 0.717) is 0 Å². The Morgan fingerprint density at radius 3 is 1.50 bits per heavy atom. The van der Waals surface area contributed by atoms with Gasteiger partial charge < -0.3 is 4.90 Å². The summed E-state index contributed by atoms with van der Waals surface area (Å²) >= 11 is 0. The van der Waals surface area contributed by atoms with Crippen molar-refractivity contribution in [1.29, 1.82) is 0 Å². The fourth-order valence-electron chi connectivity index (χ4n) is 8.70. The van der Waals surface area contributed by atoms with Crippen molar-refractivity contribution in [2.75, 3.05) is 4.90 Å². The third kappa shape index (κ3) is 5.17. The lowest BCUT2D eigenvalue weighted by Gasteiger charge is -2.34. The Morgan fingerprint density at radius 2 is 0.815 bits per heavy atom. The maximum atomic E-state index is 2.44. The first-order valence-electron chi connectivity index (χ1n) is 18.7. The molecule has 0 bridgehead atoms. The predicted octanol–water partition coefficient (Wildman–Crippen LogP) is 14.0. The van der Waals surface area contributed by atoms with E-state index in [1.165, 1.54) is 66.4 Å². The zero-order valence-corrected chi connectivity index (χ0v) is 29.8. The Kier molecular flexibility index (Phi) is 7.78. The number of benzene rings is 9. The first-order valence-corrected chi connectivity index (χ1v) is 18.7. The average molecular weight is 688 g/mol. The van der Waals surface area contributed by atoms with Crippen LogP contribution in [0.25, 0.3) is 44.2 Å². The highest BCUT2D eigenvalue weighted by molar-refractivity contribution is 5.99. The van der Waals surface area contributed by atoms with Gasteiger partial charge in [-0.25, -0.2) is 0 Å². The van der Waals surface area contributed by atoms with E-state index >= 15 is 0 Å². The molecule has 0 radical (unpaired) electrons. The van der Waals surface area contributed by atoms with Crippen LogP contribution in [0.3, 0.4) is 0 Å². The van der Waals surface area contributed by atoms with E-state index in [9.17, 15) is 0 Å². The van der Waals surface area contributed by atoms with Crippen LogP contribution in [0.2, 0.25) is 0 Å². The third-order valence-corrected chi connectivity index (χ3v) is 11.1. The highest BCUT2D eigenvalue weighted by Gasteiger charge is 2.47. The Morgan fingerprint density at radius 1 is 0.315 bits per heavy atom. The number of hydrogen-bond acceptors (Lipinski definition) is 1. The number of para-hydroxylation sites is 1. The van der Waals surface area contributed by atoms with Crippen molar-refractivity contribution in [3.8, 4) is 33.4 Å². The molecular weight excluding hydrogens is 651 g/mol. The van der Waals surface area contributed by atoms with Gasteiger partial charge in [0.05, 0.1) is 11.1 Å². The third-order valence-electron chi connectivity index (χ3n) is 11.1. The molecule has 0 saturated heterocycles. The lowest BCUT2D eigenvalue weighted by atomic mass is 9.68. The summed E-state index contributed by atoms with van der Waals surface area (Å²) in [7, 11) is 0. The SMILES string of the molecule is c1ccc(-c2ccc(-c3ccc4cc(N(c5ccccc5)c5cccc6c5-c5ccccc5C6(c5ccccc5)c5ccccc5)ccc4c3)cc2)cc1. The quantitative estimate of drug-likeness (QED) is 0.161. The molecule has 9 aromatic rings. The predicted molar refractivity (Wildman–Crippen MR) is 227 cm³/mol. The fraction of sp³-hybridized carbons (Fsp3) is 0.0189. The summed E-state index contributed by atoms with van der Waals surface area (Å²) in [6.45, 7) is 0. The van der Waals surface area contributed by atoms with Gasteiger partial charge in [0, 0.05) is 16.9 Å². The average Bonchev–Trinajstić information content (AvgIpc) is 3.57. The summed E-state index contributed by atoms with van der Waals surface area (Å²) in [6.07, 6.45) is 0. The minimum atomic E-state index is -0.466. The maximum Gasteiger partial charge on any atom is 0.0714 e. The number of fused-ring (bicyclic) bond motifs is 4. The van der Waals surface area contributed by atoms with Gasteiger partial charge in [-0.15, -0.1) is 0 Å². The molecular formula is C53H37N. The smallest absolute Gasteiger partial charge is 0.0714 e. The summed E-state index contributed by atoms with van der Waals surface area (Å²) in [5.74, 6) is 0. The minimum Gasteiger partial charge on any atom is -0.310 e. The Labute approximate surface area is 317 Å². The van der Waals surface area contributed by atoms with E-state index in [2.05, 4.69) is 229 Å². The Hall–Kier alpha value is -6.96. The van der Waals surface area contributed by atoms with Crippen LogP contribution in [0.1, 0.15) is 22.3 Å². The monoisotopic (exact) mass is 687 g/mol. The molecule has 1 nitrogen and oxygen atoms in total. The second-order valence-electron chi connectivity index (χ2n) is 14.1. The molecule has 10 rings (SSSR count). The maximum absolute atomic E-state index is 2.44. The van der Waals surface area contributed by atoms with Crippen LogP contribution < -0.4 is 4.90 Å². The molecule has 9 aromatic carbocycles. The molecule has 0 unspecified atom stereocenters. The van der Waals surface area contributed by atoms with Gasteiger partial charge in [-0.3, -0.25) is 0 Å². The largest absolute Gasteiger partial charge is 0.310 e. The summed E-state index contributed by atoms with van der Waals surface area (Å²) in [6, 6.07) is 81.9. The van der Waals surface area contributed by atoms with Crippen LogP contribution >= 0.6 is 0 Å². The molecule has 54 heavy (non-hydrogen) atoms. The molecule has 0 aromatic heterocycles. The molecule has 0 heterocycles. The van der Waals surface area contributed by atoms with E-state index in [1.807, 2.05) is 0 Å². The summed E-state index contributed by atoms with van der Waals surface area (Å²) in [5.41, 5.74) is 15.5. The van der Waals surface area contributed by atoms with Crippen LogP contribution in [0.4, 0.5) is 17.1 Å². The Bertz CT molecular complexity index is 2700.